The molecule has 1 aromatic rings. The summed E-state index contributed by atoms with van der Waals surface area (Å²) < 4.78 is 60.0. The molecule has 0 spiro atoms. The van der Waals surface area contributed by atoms with Gasteiger partial charge in [-0.2, -0.15) is 8.78 Å². The zero-order valence-corrected chi connectivity index (χ0v) is 12.4. The van der Waals surface area contributed by atoms with Crippen molar-refractivity contribution in [3.63, 3.8) is 0 Å². The molecular weight excluding hydrogens is 291 g/mol. The summed E-state index contributed by atoms with van der Waals surface area (Å²) >= 11 is 0. The smallest absolute Gasteiger partial charge is 0.507 e. The van der Waals surface area contributed by atoms with Crippen LogP contribution in [-0.2, 0) is 5.41 Å². The standard InChI is InChI=1S/C13H17BF4O3/c1-12(2,3)13(4,5)6-7(15)9(17)11(21-14(19)20)10(18)8(6)16/h19-20H,1-5H3. The van der Waals surface area contributed by atoms with Gasteiger partial charge in [-0.1, -0.05) is 34.6 Å². The molecule has 0 saturated heterocycles. The van der Waals surface area contributed by atoms with Gasteiger partial charge in [0.25, 0.3) is 0 Å². The van der Waals surface area contributed by atoms with Gasteiger partial charge in [-0.3, -0.25) is 0 Å². The lowest BCUT2D eigenvalue weighted by Crippen LogP contribution is -2.37. The van der Waals surface area contributed by atoms with E-state index in [1.807, 2.05) is 0 Å². The minimum Gasteiger partial charge on any atom is -0.507 e. The van der Waals surface area contributed by atoms with E-state index in [0.29, 0.717) is 0 Å². The third-order valence-electron chi connectivity index (χ3n) is 3.95. The van der Waals surface area contributed by atoms with Crippen LogP contribution < -0.4 is 4.65 Å². The van der Waals surface area contributed by atoms with Crippen LogP contribution in [0.15, 0.2) is 0 Å². The topological polar surface area (TPSA) is 49.7 Å². The van der Waals surface area contributed by atoms with Crippen molar-refractivity contribution in [1.29, 1.82) is 0 Å². The highest BCUT2D eigenvalue weighted by atomic mass is 19.2. The van der Waals surface area contributed by atoms with Crippen molar-refractivity contribution in [2.24, 2.45) is 5.41 Å². The molecule has 0 radical (unpaired) electrons. The summed E-state index contributed by atoms with van der Waals surface area (Å²) in [6, 6.07) is 0. The van der Waals surface area contributed by atoms with E-state index < -0.39 is 52.7 Å². The van der Waals surface area contributed by atoms with Crippen molar-refractivity contribution in [1.82, 2.24) is 0 Å². The van der Waals surface area contributed by atoms with Gasteiger partial charge in [-0.15, -0.1) is 0 Å². The molecule has 0 saturated carbocycles. The molecule has 0 unspecified atom stereocenters. The molecule has 0 amide bonds. The molecule has 0 atom stereocenters. The fourth-order valence-electron chi connectivity index (χ4n) is 1.74. The van der Waals surface area contributed by atoms with Gasteiger partial charge in [0.05, 0.1) is 0 Å². The summed E-state index contributed by atoms with van der Waals surface area (Å²) in [5.41, 5.74) is -2.70. The number of hydrogen-bond acceptors (Lipinski definition) is 3. The lowest BCUT2D eigenvalue weighted by molar-refractivity contribution is 0.204. The van der Waals surface area contributed by atoms with Crippen LogP contribution in [0, 0.1) is 28.7 Å². The molecule has 1 rings (SSSR count). The van der Waals surface area contributed by atoms with Crippen molar-refractivity contribution in [3.05, 3.63) is 28.8 Å². The second-order valence-corrected chi connectivity index (χ2v) is 6.28. The maximum absolute atomic E-state index is 14.2. The first kappa shape index (κ1) is 17.8. The quantitative estimate of drug-likeness (QED) is 0.513. The van der Waals surface area contributed by atoms with Gasteiger partial charge in [-0.25, -0.2) is 8.78 Å². The van der Waals surface area contributed by atoms with Crippen molar-refractivity contribution in [2.75, 3.05) is 0 Å². The summed E-state index contributed by atoms with van der Waals surface area (Å²) in [5.74, 6) is -8.37. The average Bonchev–Trinajstić information content (AvgIpc) is 2.30. The van der Waals surface area contributed by atoms with E-state index >= 15 is 0 Å². The van der Waals surface area contributed by atoms with Crippen molar-refractivity contribution in [2.45, 2.75) is 40.0 Å². The second kappa shape index (κ2) is 5.49. The van der Waals surface area contributed by atoms with E-state index in [-0.39, 0.29) is 0 Å². The summed E-state index contributed by atoms with van der Waals surface area (Å²) in [4.78, 5) is 0. The predicted octanol–water partition coefficient (Wildman–Crippen LogP) is 2.92. The highest BCUT2D eigenvalue weighted by molar-refractivity contribution is 6.33. The molecular formula is C13H17BF4O3. The van der Waals surface area contributed by atoms with E-state index in [1.54, 1.807) is 20.8 Å². The van der Waals surface area contributed by atoms with Crippen LogP contribution >= 0.6 is 0 Å². The predicted molar refractivity (Wildman–Crippen MR) is 69.6 cm³/mol. The lowest BCUT2D eigenvalue weighted by atomic mass is 9.65. The Balaban J connectivity index is 3.66. The Morgan fingerprint density at radius 1 is 0.810 bits per heavy atom. The molecule has 2 N–H and O–H groups in total. The summed E-state index contributed by atoms with van der Waals surface area (Å²) in [6.45, 7) is 7.92. The highest BCUT2D eigenvalue weighted by Gasteiger charge is 2.42. The fraction of sp³-hybridized carbons (Fsp3) is 0.538. The number of halogens is 4. The summed E-state index contributed by atoms with van der Waals surface area (Å²) in [5, 5.41) is 17.1. The van der Waals surface area contributed by atoms with E-state index in [4.69, 9.17) is 10.0 Å². The molecule has 0 aromatic heterocycles. The summed E-state index contributed by atoms with van der Waals surface area (Å²) in [6.07, 6.45) is 0. The minimum absolute atomic E-state index is 0.702. The zero-order valence-electron chi connectivity index (χ0n) is 12.4. The Morgan fingerprint density at radius 2 is 1.19 bits per heavy atom. The molecule has 1 aromatic carbocycles. The molecule has 0 aliphatic carbocycles. The van der Waals surface area contributed by atoms with Crippen LogP contribution in [0.1, 0.15) is 40.2 Å². The minimum atomic E-state index is -2.60. The zero-order chi connectivity index (χ0) is 16.7. The second-order valence-electron chi connectivity index (χ2n) is 6.28. The molecule has 3 nitrogen and oxygen atoms in total. The van der Waals surface area contributed by atoms with Gasteiger partial charge < -0.3 is 14.7 Å². The fourth-order valence-corrected chi connectivity index (χ4v) is 1.74. The monoisotopic (exact) mass is 308 g/mol. The number of hydrogen-bond donors (Lipinski definition) is 2. The Kier molecular flexibility index (Phi) is 4.65. The molecule has 0 bridgehead atoms. The number of rotatable bonds is 3. The molecule has 0 fully saturated rings. The van der Waals surface area contributed by atoms with Crippen molar-refractivity contribution < 1.29 is 32.3 Å². The van der Waals surface area contributed by atoms with E-state index in [9.17, 15) is 17.6 Å². The normalized spacial score (nSPS) is 12.5. The molecule has 0 heterocycles. The van der Waals surface area contributed by atoms with Gasteiger partial charge in [0.15, 0.2) is 17.4 Å². The highest BCUT2D eigenvalue weighted by Crippen LogP contribution is 2.45. The van der Waals surface area contributed by atoms with Gasteiger partial charge in [0.2, 0.25) is 11.6 Å². The van der Waals surface area contributed by atoms with E-state index in [1.165, 1.54) is 13.8 Å². The SMILES string of the molecule is CC(C)(C)C(C)(C)c1c(F)c(F)c(OB(O)O)c(F)c1F. The third-order valence-corrected chi connectivity index (χ3v) is 3.95. The van der Waals surface area contributed by atoms with Crippen molar-refractivity contribution >= 4 is 7.32 Å². The molecule has 8 heteroatoms. The number of benzene rings is 1. The first-order valence-electron chi connectivity index (χ1n) is 6.21. The van der Waals surface area contributed by atoms with Gasteiger partial charge in [-0.05, 0) is 5.41 Å². The Morgan fingerprint density at radius 3 is 1.48 bits per heavy atom. The van der Waals surface area contributed by atoms with Crippen LogP contribution in [0.4, 0.5) is 17.6 Å². The largest absolute Gasteiger partial charge is 0.707 e. The van der Waals surface area contributed by atoms with Crippen LogP contribution in [0.5, 0.6) is 5.75 Å². The Bertz CT molecular complexity index is 524. The van der Waals surface area contributed by atoms with Crippen LogP contribution in [-0.4, -0.2) is 17.4 Å². The van der Waals surface area contributed by atoms with Gasteiger partial charge >= 0.3 is 7.32 Å². The van der Waals surface area contributed by atoms with E-state index in [0.717, 1.165) is 0 Å². The lowest BCUT2D eigenvalue weighted by Gasteiger charge is -2.39. The Labute approximate surface area is 120 Å². The van der Waals surface area contributed by atoms with Crippen LogP contribution in [0.2, 0.25) is 0 Å². The first-order chi connectivity index (χ1) is 9.32. The first-order valence-corrected chi connectivity index (χ1v) is 6.21. The van der Waals surface area contributed by atoms with E-state index in [2.05, 4.69) is 4.65 Å². The van der Waals surface area contributed by atoms with Crippen molar-refractivity contribution in [3.8, 4) is 5.75 Å². The Hall–Kier alpha value is -1.28. The van der Waals surface area contributed by atoms with Crippen LogP contribution in [0.3, 0.4) is 0 Å². The average molecular weight is 308 g/mol. The van der Waals surface area contributed by atoms with Crippen LogP contribution in [0.25, 0.3) is 0 Å². The molecule has 21 heavy (non-hydrogen) atoms. The molecule has 118 valence electrons. The maximum Gasteiger partial charge on any atom is 0.707 e. The molecule has 0 aliphatic heterocycles. The summed E-state index contributed by atoms with van der Waals surface area (Å²) in [7, 11) is -2.60. The molecule has 0 aliphatic rings. The van der Waals surface area contributed by atoms with Gasteiger partial charge in [0, 0.05) is 11.0 Å². The maximum atomic E-state index is 14.2. The third kappa shape index (κ3) is 3.01. The van der Waals surface area contributed by atoms with Gasteiger partial charge in [0.1, 0.15) is 0 Å².